The molecule has 0 unspecified atom stereocenters. The molecule has 0 spiro atoms. The number of amides is 1. The molecule has 0 saturated carbocycles. The molecular weight excluding hydrogens is 478 g/mol. The number of aromatic nitrogens is 5. The summed E-state index contributed by atoms with van der Waals surface area (Å²) in [7, 11) is 4.04. The number of likely N-dealkylation sites (tertiary alicyclic amines) is 1. The Hall–Kier alpha value is -2.89. The van der Waals surface area contributed by atoms with Crippen molar-refractivity contribution in [2.45, 2.75) is 29.8 Å². The predicted molar refractivity (Wildman–Crippen MR) is 129 cm³/mol. The SMILES string of the molecule is CN(C)CCn1nnnc1SC1CCN(C(=O)Oc2ccc(Oc3ccc(Cl)cn3)cc2)CC1. The van der Waals surface area contributed by atoms with Gasteiger partial charge in [0, 0.05) is 37.1 Å². The smallest absolute Gasteiger partial charge is 0.415 e. The van der Waals surface area contributed by atoms with Crippen molar-refractivity contribution in [3.05, 3.63) is 47.6 Å². The van der Waals surface area contributed by atoms with E-state index in [4.69, 9.17) is 21.1 Å². The highest BCUT2D eigenvalue weighted by Gasteiger charge is 2.26. The maximum atomic E-state index is 12.6. The fraction of sp³-hybridized carbons (Fsp3) is 0.409. The number of ether oxygens (including phenoxy) is 2. The quantitative estimate of drug-likeness (QED) is 0.454. The van der Waals surface area contributed by atoms with Crippen molar-refractivity contribution in [3.63, 3.8) is 0 Å². The predicted octanol–water partition coefficient (Wildman–Crippen LogP) is 3.83. The van der Waals surface area contributed by atoms with E-state index in [-0.39, 0.29) is 6.09 Å². The second kappa shape index (κ2) is 11.5. The van der Waals surface area contributed by atoms with Gasteiger partial charge < -0.3 is 19.3 Å². The van der Waals surface area contributed by atoms with Gasteiger partial charge in [0.05, 0.1) is 11.6 Å². The van der Waals surface area contributed by atoms with E-state index >= 15 is 0 Å². The number of likely N-dealkylation sites (N-methyl/N-ethyl adjacent to an activating group) is 1. The Labute approximate surface area is 207 Å². The summed E-state index contributed by atoms with van der Waals surface area (Å²) in [5, 5.41) is 13.8. The summed E-state index contributed by atoms with van der Waals surface area (Å²) in [5.41, 5.74) is 0. The third-order valence-corrected chi connectivity index (χ3v) is 6.71. The molecule has 180 valence electrons. The number of piperidine rings is 1. The second-order valence-electron chi connectivity index (χ2n) is 8.05. The van der Waals surface area contributed by atoms with Crippen LogP contribution in [0.25, 0.3) is 0 Å². The summed E-state index contributed by atoms with van der Waals surface area (Å²) < 4.78 is 13.0. The molecule has 0 radical (unpaired) electrons. The first-order valence-electron chi connectivity index (χ1n) is 10.9. The first-order valence-corrected chi connectivity index (χ1v) is 12.2. The van der Waals surface area contributed by atoms with Crippen molar-refractivity contribution < 1.29 is 14.3 Å². The third-order valence-electron chi connectivity index (χ3n) is 5.18. The Morgan fingerprint density at radius 2 is 1.88 bits per heavy atom. The molecule has 2 aromatic heterocycles. The number of hydrogen-bond donors (Lipinski definition) is 0. The van der Waals surface area contributed by atoms with Gasteiger partial charge in [-0.1, -0.05) is 23.4 Å². The van der Waals surface area contributed by atoms with Gasteiger partial charge in [-0.3, -0.25) is 0 Å². The summed E-state index contributed by atoms with van der Waals surface area (Å²) >= 11 is 7.51. The third kappa shape index (κ3) is 6.81. The van der Waals surface area contributed by atoms with Crippen LogP contribution in [0.3, 0.4) is 0 Å². The van der Waals surface area contributed by atoms with Crippen LogP contribution in [0.4, 0.5) is 4.79 Å². The molecule has 1 amide bonds. The molecule has 34 heavy (non-hydrogen) atoms. The van der Waals surface area contributed by atoms with Gasteiger partial charge in [0.2, 0.25) is 11.0 Å². The number of hydrogen-bond acceptors (Lipinski definition) is 9. The summed E-state index contributed by atoms with van der Waals surface area (Å²) in [6.07, 6.45) is 2.86. The van der Waals surface area contributed by atoms with Crippen LogP contribution in [0.1, 0.15) is 12.8 Å². The maximum absolute atomic E-state index is 12.6. The largest absolute Gasteiger partial charge is 0.439 e. The van der Waals surface area contributed by atoms with E-state index < -0.39 is 0 Å². The zero-order valence-electron chi connectivity index (χ0n) is 19.0. The lowest BCUT2D eigenvalue weighted by atomic mass is 10.1. The van der Waals surface area contributed by atoms with Gasteiger partial charge in [0.15, 0.2) is 0 Å². The standard InChI is InChI=1S/C22H26ClN7O3S/c1-28(2)13-14-30-21(25-26-27-30)34-19-9-11-29(12-10-19)22(31)33-18-6-4-17(5-7-18)32-20-8-3-16(23)15-24-20/h3-8,15,19H,9-14H2,1-2H3. The van der Waals surface area contributed by atoms with Crippen LogP contribution < -0.4 is 9.47 Å². The molecule has 10 nitrogen and oxygen atoms in total. The van der Waals surface area contributed by atoms with Gasteiger partial charge in [-0.2, -0.15) is 0 Å². The summed E-state index contributed by atoms with van der Waals surface area (Å²) in [5.74, 6) is 1.47. The normalized spacial score (nSPS) is 14.4. The minimum absolute atomic E-state index is 0.353. The van der Waals surface area contributed by atoms with Crippen LogP contribution in [0.2, 0.25) is 5.02 Å². The summed E-state index contributed by atoms with van der Waals surface area (Å²) in [4.78, 5) is 20.5. The van der Waals surface area contributed by atoms with Crippen molar-refractivity contribution in [1.29, 1.82) is 0 Å². The van der Waals surface area contributed by atoms with Crippen molar-refractivity contribution in [2.75, 3.05) is 33.7 Å². The van der Waals surface area contributed by atoms with Crippen molar-refractivity contribution in [3.8, 4) is 17.4 Å². The first-order chi connectivity index (χ1) is 16.5. The van der Waals surface area contributed by atoms with Gasteiger partial charge in [0.25, 0.3) is 0 Å². The Morgan fingerprint density at radius 3 is 2.56 bits per heavy atom. The molecule has 0 bridgehead atoms. The van der Waals surface area contributed by atoms with Crippen molar-refractivity contribution >= 4 is 29.5 Å². The van der Waals surface area contributed by atoms with E-state index in [9.17, 15) is 4.79 Å². The van der Waals surface area contributed by atoms with E-state index in [1.165, 1.54) is 6.20 Å². The highest BCUT2D eigenvalue weighted by molar-refractivity contribution is 7.99. The van der Waals surface area contributed by atoms with Gasteiger partial charge in [-0.15, -0.1) is 5.10 Å². The Morgan fingerprint density at radius 1 is 1.15 bits per heavy atom. The molecule has 1 aliphatic heterocycles. The Bertz CT molecular complexity index is 1070. The van der Waals surface area contributed by atoms with E-state index in [2.05, 4.69) is 25.4 Å². The molecule has 0 N–H and O–H groups in total. The topological polar surface area (TPSA) is 98.5 Å². The van der Waals surface area contributed by atoms with Crippen molar-refractivity contribution in [1.82, 2.24) is 35.0 Å². The lowest BCUT2D eigenvalue weighted by molar-refractivity contribution is 0.143. The molecule has 1 aromatic carbocycles. The van der Waals surface area contributed by atoms with E-state index in [1.54, 1.807) is 53.1 Å². The van der Waals surface area contributed by atoms with Crippen LogP contribution in [-0.2, 0) is 6.54 Å². The number of carbonyl (C=O) groups excluding carboxylic acids is 1. The molecule has 0 atom stereocenters. The molecule has 1 saturated heterocycles. The van der Waals surface area contributed by atoms with Crippen LogP contribution in [0, 0.1) is 0 Å². The first kappa shape index (κ1) is 24.2. The summed E-state index contributed by atoms with van der Waals surface area (Å²) in [6.45, 7) is 2.86. The molecule has 1 fully saturated rings. The Balaban J connectivity index is 1.23. The van der Waals surface area contributed by atoms with E-state index in [0.717, 1.165) is 31.1 Å². The number of benzene rings is 1. The fourth-order valence-electron chi connectivity index (χ4n) is 3.31. The number of nitrogens with zero attached hydrogens (tertiary/aromatic N) is 7. The van der Waals surface area contributed by atoms with Crippen LogP contribution in [0.15, 0.2) is 47.8 Å². The number of thioether (sulfide) groups is 1. The molecule has 12 heteroatoms. The highest BCUT2D eigenvalue weighted by Crippen LogP contribution is 2.29. The minimum Gasteiger partial charge on any atom is -0.439 e. The number of halogens is 1. The zero-order chi connectivity index (χ0) is 23.9. The monoisotopic (exact) mass is 503 g/mol. The molecule has 0 aliphatic carbocycles. The number of rotatable bonds is 8. The number of carbonyl (C=O) groups is 1. The van der Waals surface area contributed by atoms with Gasteiger partial charge in [-0.25, -0.2) is 14.5 Å². The van der Waals surface area contributed by atoms with E-state index in [0.29, 0.717) is 40.7 Å². The average molecular weight is 504 g/mol. The van der Waals surface area contributed by atoms with Crippen LogP contribution in [0.5, 0.6) is 17.4 Å². The Kier molecular flexibility index (Phi) is 8.20. The average Bonchev–Trinajstić information content (AvgIpc) is 3.28. The zero-order valence-corrected chi connectivity index (χ0v) is 20.6. The van der Waals surface area contributed by atoms with E-state index in [1.807, 2.05) is 18.8 Å². The van der Waals surface area contributed by atoms with Gasteiger partial charge in [-0.05, 0) is 67.7 Å². The maximum Gasteiger partial charge on any atom is 0.415 e. The lowest BCUT2D eigenvalue weighted by Crippen LogP contribution is -2.41. The minimum atomic E-state index is -0.354. The number of tetrazole rings is 1. The fourth-order valence-corrected chi connectivity index (χ4v) is 4.50. The van der Waals surface area contributed by atoms with Crippen LogP contribution >= 0.6 is 23.4 Å². The highest BCUT2D eigenvalue weighted by atomic mass is 35.5. The molecule has 4 rings (SSSR count). The molecule has 3 heterocycles. The van der Waals surface area contributed by atoms with Crippen LogP contribution in [-0.4, -0.2) is 80.1 Å². The second-order valence-corrected chi connectivity index (χ2v) is 9.75. The summed E-state index contributed by atoms with van der Waals surface area (Å²) in [6, 6.07) is 10.2. The number of pyridine rings is 1. The van der Waals surface area contributed by atoms with Crippen molar-refractivity contribution in [2.24, 2.45) is 0 Å². The molecule has 1 aliphatic rings. The molecular formula is C22H26ClN7O3S. The lowest BCUT2D eigenvalue weighted by Gasteiger charge is -2.30. The van der Waals surface area contributed by atoms with Gasteiger partial charge >= 0.3 is 6.09 Å². The van der Waals surface area contributed by atoms with Gasteiger partial charge in [0.1, 0.15) is 11.5 Å². The molecule has 3 aromatic rings.